The summed E-state index contributed by atoms with van der Waals surface area (Å²) in [6.45, 7) is 36.3. The largest absolute Gasteiger partial charge is 0.509 e. The van der Waals surface area contributed by atoms with Gasteiger partial charge in [-0.05, 0) is 131 Å². The fourth-order valence-electron chi connectivity index (χ4n) is 13.0. The predicted molar refractivity (Wildman–Crippen MR) is 314 cm³/mol. The molecule has 2 aromatic carbocycles. The predicted octanol–water partition coefficient (Wildman–Crippen LogP) is 11.8. The number of nitrogens with zero attached hydrogens (tertiary/aromatic N) is 1. The molecule has 20 heteroatoms. The Morgan fingerprint density at radius 2 is 1.28 bits per heavy atom. The van der Waals surface area contributed by atoms with Crippen molar-refractivity contribution in [1.82, 2.24) is 4.90 Å². The molecule has 1 amide bonds. The molecule has 4 aliphatic rings. The van der Waals surface area contributed by atoms with Crippen LogP contribution in [0.15, 0.2) is 60.7 Å². The first kappa shape index (κ1) is 67.6. The maximum absolute atomic E-state index is 15.5. The van der Waals surface area contributed by atoms with Crippen LogP contribution >= 0.6 is 0 Å². The number of likely N-dealkylation sites (N-methyl/N-ethyl adjacent to an activating group) is 1. The lowest BCUT2D eigenvalue weighted by molar-refractivity contribution is -0.359. The van der Waals surface area contributed by atoms with Gasteiger partial charge in [-0.15, -0.1) is 0 Å². The molecule has 82 heavy (non-hydrogen) atoms. The number of carbonyl (C=O) groups excluding carboxylic acids is 3. The Bertz CT molecular complexity index is 2380. The lowest BCUT2D eigenvalue weighted by Crippen LogP contribution is -2.67. The summed E-state index contributed by atoms with van der Waals surface area (Å²) in [5.41, 5.74) is -1.69. The van der Waals surface area contributed by atoms with Crippen molar-refractivity contribution in [3.63, 3.8) is 0 Å². The van der Waals surface area contributed by atoms with Gasteiger partial charge in [0.25, 0.3) is 0 Å². The molecule has 2 bridgehead atoms. The molecule has 4 saturated heterocycles. The molecule has 464 valence electrons. The van der Waals surface area contributed by atoms with Crippen molar-refractivity contribution in [2.75, 3.05) is 21.3 Å². The standard InChI is InChI=1S/C62H101NO17Si2/c1-22-47-62(12,80-82(19,20)21)53-40(4)49(77-59(8,9)78-53)38(2)34-60(10,67-14)52(41(5)50(42(6)55(64)73-47)74-48-35-61(11,68-15)54(43(7)72-48)79-81(16,17)18)76-56-51(75-58(66)70-37-45-31-27-24-28-32-45)46(33-39(3)71-56)63(13)57(65)69-36-44-29-25-23-26-30-44/h23-32,38-43,46-54,56H,22,33-37H2,1-21H3/t38-,39-,40+,41+,42-,43+,46+,47?,48+,49+,50?,51-,52-,53-,54+,56+,60-,61-,62-/m1/s1. The Hall–Kier alpha value is -3.52. The highest BCUT2D eigenvalue weighted by Gasteiger charge is 2.59. The second-order valence-electron chi connectivity index (χ2n) is 26.6. The minimum atomic E-state index is -2.40. The van der Waals surface area contributed by atoms with Gasteiger partial charge in [0.15, 0.2) is 41.1 Å². The molecule has 0 spiro atoms. The molecule has 0 aromatic heterocycles. The van der Waals surface area contributed by atoms with E-state index in [4.69, 9.17) is 65.7 Å². The van der Waals surface area contributed by atoms with Crippen LogP contribution in [0.3, 0.4) is 0 Å². The number of hydrogen-bond acceptors (Lipinski definition) is 17. The lowest BCUT2D eigenvalue weighted by atomic mass is 9.72. The monoisotopic (exact) mass is 1190 g/mol. The number of carbonyl (C=O) groups is 3. The number of fused-ring (bicyclic) bond motifs is 2. The SMILES string of the molecule is CCC1OC(=O)[C@H](C)C(O[C@H]2C[C@@](C)(OC)[C@@H](O[Si](C)(C)C)[C@H](C)O2)[C@H](C)[C@@H](O[C@@H]2O[C@H](C)C[C@H](N(C)C(=O)OCc3ccccc3)[C@H]2OC(=O)OCc2ccccc2)[C@](C)(OC)C[C@@H](C)[C@@H]2OC(C)(C)O[C@H]([C@H]2C)[C@]1(C)O[Si](C)(C)C. The van der Waals surface area contributed by atoms with Crippen molar-refractivity contribution in [2.24, 2.45) is 23.7 Å². The third kappa shape index (κ3) is 16.7. The molecule has 4 heterocycles. The molecule has 2 unspecified atom stereocenters. The summed E-state index contributed by atoms with van der Waals surface area (Å²) in [6, 6.07) is 17.8. The van der Waals surface area contributed by atoms with Gasteiger partial charge in [0.1, 0.15) is 24.9 Å². The summed E-state index contributed by atoms with van der Waals surface area (Å²) in [7, 11) is 0.384. The number of esters is 1. The Morgan fingerprint density at radius 3 is 1.83 bits per heavy atom. The summed E-state index contributed by atoms with van der Waals surface area (Å²) >= 11 is 0. The number of rotatable bonds is 17. The lowest BCUT2D eigenvalue weighted by Gasteiger charge is -2.56. The first-order valence-corrected chi connectivity index (χ1v) is 36.5. The molecular formula is C62H101NO17Si2. The van der Waals surface area contributed by atoms with Gasteiger partial charge >= 0.3 is 18.2 Å². The summed E-state index contributed by atoms with van der Waals surface area (Å²) in [4.78, 5) is 45.2. The highest BCUT2D eigenvalue weighted by atomic mass is 28.4. The topological polar surface area (TPSA) is 184 Å². The normalized spacial score (nSPS) is 37.6. The molecule has 0 N–H and O–H groups in total. The smallest absolute Gasteiger partial charge is 0.459 e. The summed E-state index contributed by atoms with van der Waals surface area (Å²) in [5.74, 6) is -3.92. The van der Waals surface area contributed by atoms with Crippen molar-refractivity contribution < 1.29 is 80.1 Å². The number of hydrogen-bond donors (Lipinski definition) is 0. The van der Waals surface area contributed by atoms with Crippen molar-refractivity contribution in [3.8, 4) is 0 Å². The number of methoxy groups -OCH3 is 2. The minimum Gasteiger partial charge on any atom is -0.459 e. The quantitative estimate of drug-likeness (QED) is 0.0827. The van der Waals surface area contributed by atoms with Gasteiger partial charge in [-0.2, -0.15) is 0 Å². The number of amides is 1. The van der Waals surface area contributed by atoms with Crippen molar-refractivity contribution >= 4 is 34.9 Å². The van der Waals surface area contributed by atoms with E-state index in [0.717, 1.165) is 11.1 Å². The molecule has 19 atom stereocenters. The van der Waals surface area contributed by atoms with Crippen LogP contribution in [0.4, 0.5) is 9.59 Å². The van der Waals surface area contributed by atoms with Gasteiger partial charge in [0, 0.05) is 39.5 Å². The molecule has 4 aliphatic heterocycles. The minimum absolute atomic E-state index is 0.00924. The fraction of sp³-hybridized carbons (Fsp3) is 0.758. The van der Waals surface area contributed by atoms with Gasteiger partial charge in [-0.25, -0.2) is 9.59 Å². The van der Waals surface area contributed by atoms with Gasteiger partial charge in [0.2, 0.25) is 0 Å². The van der Waals surface area contributed by atoms with E-state index in [1.54, 1.807) is 28.2 Å². The van der Waals surface area contributed by atoms with Crippen LogP contribution in [0.25, 0.3) is 0 Å². The van der Waals surface area contributed by atoms with E-state index < -0.39 is 143 Å². The van der Waals surface area contributed by atoms with E-state index in [0.29, 0.717) is 12.8 Å². The van der Waals surface area contributed by atoms with Crippen molar-refractivity contribution in [2.45, 2.75) is 257 Å². The first-order valence-electron chi connectivity index (χ1n) is 29.6. The molecule has 0 aliphatic carbocycles. The van der Waals surface area contributed by atoms with Crippen LogP contribution in [0.2, 0.25) is 39.3 Å². The summed E-state index contributed by atoms with van der Waals surface area (Å²) in [6.07, 6.45) is -9.32. The number of benzene rings is 2. The maximum atomic E-state index is 15.5. The third-order valence-corrected chi connectivity index (χ3v) is 18.9. The Labute approximate surface area is 492 Å². The molecular weight excluding hydrogens is 1090 g/mol. The van der Waals surface area contributed by atoms with Crippen LogP contribution < -0.4 is 0 Å². The molecule has 6 rings (SSSR count). The van der Waals surface area contributed by atoms with Crippen LogP contribution in [0, 0.1) is 23.7 Å². The van der Waals surface area contributed by atoms with Crippen LogP contribution in [-0.2, 0) is 83.7 Å². The second kappa shape index (κ2) is 27.5. The van der Waals surface area contributed by atoms with Crippen LogP contribution in [0.5, 0.6) is 0 Å². The number of cyclic esters (lactones) is 1. The zero-order chi connectivity index (χ0) is 60.9. The molecule has 0 saturated carbocycles. The zero-order valence-corrected chi connectivity index (χ0v) is 55.1. The van der Waals surface area contributed by atoms with E-state index in [9.17, 15) is 9.59 Å². The number of ether oxygens (including phenoxy) is 12. The highest BCUT2D eigenvalue weighted by Crippen LogP contribution is 2.48. The third-order valence-electron chi connectivity index (χ3n) is 16.9. The average molecular weight is 1190 g/mol. The first-order chi connectivity index (χ1) is 38.2. The van der Waals surface area contributed by atoms with E-state index in [1.165, 1.54) is 4.90 Å². The van der Waals surface area contributed by atoms with Gasteiger partial charge in [-0.1, -0.05) is 88.4 Å². The zero-order valence-electron chi connectivity index (χ0n) is 53.1. The molecule has 4 fully saturated rings. The Balaban J connectivity index is 1.51. The van der Waals surface area contributed by atoms with Gasteiger partial charge in [0.05, 0.1) is 65.9 Å². The van der Waals surface area contributed by atoms with Crippen LogP contribution in [-0.4, -0.2) is 157 Å². The highest BCUT2D eigenvalue weighted by molar-refractivity contribution is 6.70. The molecule has 18 nitrogen and oxygen atoms in total. The van der Waals surface area contributed by atoms with E-state index in [1.807, 2.05) is 123 Å². The van der Waals surface area contributed by atoms with Crippen molar-refractivity contribution in [3.05, 3.63) is 71.8 Å². The molecule has 2 aromatic rings. The Morgan fingerprint density at radius 1 is 0.707 bits per heavy atom. The average Bonchev–Trinajstić information content (AvgIpc) is 3.57. The fourth-order valence-corrected chi connectivity index (χ4v) is 15.8. The van der Waals surface area contributed by atoms with Gasteiger partial charge in [-0.3, -0.25) is 4.79 Å². The van der Waals surface area contributed by atoms with E-state index >= 15 is 4.79 Å². The summed E-state index contributed by atoms with van der Waals surface area (Å²) in [5, 5.41) is 0. The summed E-state index contributed by atoms with van der Waals surface area (Å²) < 4.78 is 94.3. The maximum Gasteiger partial charge on any atom is 0.509 e. The Kier molecular flexibility index (Phi) is 22.6. The van der Waals surface area contributed by atoms with E-state index in [-0.39, 0.29) is 37.9 Å². The van der Waals surface area contributed by atoms with E-state index in [2.05, 4.69) is 53.1 Å². The second-order valence-corrected chi connectivity index (χ2v) is 35.5. The van der Waals surface area contributed by atoms with Crippen LogP contribution in [0.1, 0.15) is 120 Å². The molecule has 0 radical (unpaired) electrons. The van der Waals surface area contributed by atoms with Crippen molar-refractivity contribution in [1.29, 1.82) is 0 Å². The van der Waals surface area contributed by atoms with Gasteiger partial charge < -0.3 is 70.6 Å².